The van der Waals surface area contributed by atoms with Gasteiger partial charge in [0.1, 0.15) is 0 Å². The summed E-state index contributed by atoms with van der Waals surface area (Å²) in [5.41, 5.74) is 4.91. The molecular formula is C8H9N3O2S. The Kier molecular flexibility index (Phi) is 3.35. The first kappa shape index (κ1) is 10.4. The maximum Gasteiger partial charge on any atom is 0.334 e. The number of primary amides is 1. The minimum absolute atomic E-state index is 0.242. The molecule has 0 bridgehead atoms. The van der Waals surface area contributed by atoms with Crippen LogP contribution in [0.4, 0.5) is 4.79 Å². The van der Waals surface area contributed by atoms with Gasteiger partial charge in [-0.25, -0.2) is 9.80 Å². The summed E-state index contributed by atoms with van der Waals surface area (Å²) in [6.07, 6.45) is 1.07. The number of carbonyl (C=O) groups excluding carboxylic acids is 2. The molecule has 0 aliphatic heterocycles. The zero-order chi connectivity index (χ0) is 10.6. The van der Waals surface area contributed by atoms with Gasteiger partial charge in [-0.1, -0.05) is 6.07 Å². The largest absolute Gasteiger partial charge is 0.350 e. The number of hydrogen-bond donors (Lipinski definition) is 1. The lowest BCUT2D eigenvalue weighted by molar-refractivity contribution is 0.107. The van der Waals surface area contributed by atoms with Gasteiger partial charge in [-0.05, 0) is 11.4 Å². The average molecular weight is 211 g/mol. The molecule has 0 spiro atoms. The molecule has 2 amide bonds. The second-order valence-corrected chi connectivity index (χ2v) is 3.40. The smallest absolute Gasteiger partial charge is 0.334 e. The zero-order valence-electron chi connectivity index (χ0n) is 7.51. The third-order valence-electron chi connectivity index (χ3n) is 1.43. The van der Waals surface area contributed by atoms with Crippen molar-refractivity contribution in [3.63, 3.8) is 0 Å². The Balaban J connectivity index is 2.62. The van der Waals surface area contributed by atoms with Crippen molar-refractivity contribution in [1.29, 1.82) is 0 Å². The highest BCUT2D eigenvalue weighted by molar-refractivity contribution is 7.12. The van der Waals surface area contributed by atoms with Crippen molar-refractivity contribution in [2.24, 2.45) is 10.8 Å². The van der Waals surface area contributed by atoms with Gasteiger partial charge in [0.15, 0.2) is 0 Å². The minimum Gasteiger partial charge on any atom is -0.350 e. The Morgan fingerprint density at radius 2 is 2.36 bits per heavy atom. The fraction of sp³-hybridized carbons (Fsp3) is 0.125. The Hall–Kier alpha value is -1.69. The van der Waals surface area contributed by atoms with E-state index in [-0.39, 0.29) is 5.78 Å². The third-order valence-corrected chi connectivity index (χ3v) is 2.32. The fourth-order valence-corrected chi connectivity index (χ4v) is 1.31. The van der Waals surface area contributed by atoms with Crippen molar-refractivity contribution in [2.75, 3.05) is 7.05 Å². The predicted octanol–water partition coefficient (Wildman–Crippen LogP) is 0.927. The lowest BCUT2D eigenvalue weighted by atomic mass is 10.3. The van der Waals surface area contributed by atoms with Crippen LogP contribution in [0.25, 0.3) is 0 Å². The molecule has 1 rings (SSSR count). The maximum atomic E-state index is 11.3. The SMILES string of the molecule is CN(/N=C/C(=O)c1cccs1)C(N)=O. The lowest BCUT2D eigenvalue weighted by Crippen LogP contribution is -2.27. The van der Waals surface area contributed by atoms with Gasteiger partial charge in [-0.15, -0.1) is 11.3 Å². The Morgan fingerprint density at radius 1 is 1.64 bits per heavy atom. The first-order chi connectivity index (χ1) is 6.61. The van der Waals surface area contributed by atoms with Crippen molar-refractivity contribution in [1.82, 2.24) is 5.01 Å². The minimum atomic E-state index is -0.708. The van der Waals surface area contributed by atoms with E-state index >= 15 is 0 Å². The van der Waals surface area contributed by atoms with Crippen molar-refractivity contribution in [3.05, 3.63) is 22.4 Å². The van der Waals surface area contributed by atoms with Gasteiger partial charge in [0.25, 0.3) is 0 Å². The number of Topliss-reactive ketones (excluding diaryl/α,β-unsaturated/α-hetero) is 1. The summed E-state index contributed by atoms with van der Waals surface area (Å²) >= 11 is 1.32. The Morgan fingerprint density at radius 3 is 2.86 bits per heavy atom. The Bertz CT molecular complexity index is 359. The molecule has 1 aromatic heterocycles. The van der Waals surface area contributed by atoms with E-state index in [1.807, 2.05) is 0 Å². The van der Waals surface area contributed by atoms with E-state index in [4.69, 9.17) is 5.73 Å². The van der Waals surface area contributed by atoms with E-state index in [0.29, 0.717) is 4.88 Å². The maximum absolute atomic E-state index is 11.3. The van der Waals surface area contributed by atoms with E-state index in [1.54, 1.807) is 17.5 Å². The summed E-state index contributed by atoms with van der Waals surface area (Å²) in [5, 5.41) is 6.26. The van der Waals surface area contributed by atoms with Gasteiger partial charge in [-0.2, -0.15) is 5.10 Å². The molecule has 1 heterocycles. The Labute approximate surface area is 84.8 Å². The third kappa shape index (κ3) is 2.67. The number of hydrogen-bond acceptors (Lipinski definition) is 4. The number of carbonyl (C=O) groups is 2. The lowest BCUT2D eigenvalue weighted by Gasteiger charge is -2.04. The van der Waals surface area contributed by atoms with Crippen LogP contribution in [0.15, 0.2) is 22.6 Å². The van der Waals surface area contributed by atoms with E-state index in [1.165, 1.54) is 18.4 Å². The second-order valence-electron chi connectivity index (χ2n) is 2.45. The number of amides is 2. The summed E-state index contributed by atoms with van der Waals surface area (Å²) in [6, 6.07) is 2.74. The van der Waals surface area contributed by atoms with Crippen LogP contribution in [0.1, 0.15) is 9.67 Å². The van der Waals surface area contributed by atoms with Crippen LogP contribution in [0.3, 0.4) is 0 Å². The van der Waals surface area contributed by atoms with E-state index < -0.39 is 6.03 Å². The number of urea groups is 1. The van der Waals surface area contributed by atoms with E-state index in [9.17, 15) is 9.59 Å². The number of ketones is 1. The van der Waals surface area contributed by atoms with Gasteiger partial charge in [0.05, 0.1) is 11.1 Å². The van der Waals surface area contributed by atoms with E-state index in [0.717, 1.165) is 11.2 Å². The molecule has 74 valence electrons. The highest BCUT2D eigenvalue weighted by atomic mass is 32.1. The molecule has 0 saturated carbocycles. The van der Waals surface area contributed by atoms with Crippen LogP contribution in [-0.4, -0.2) is 30.1 Å². The van der Waals surface area contributed by atoms with Gasteiger partial charge < -0.3 is 5.73 Å². The summed E-state index contributed by atoms with van der Waals surface area (Å²) < 4.78 is 0. The number of nitrogens with zero attached hydrogens (tertiary/aromatic N) is 2. The quantitative estimate of drug-likeness (QED) is 0.458. The van der Waals surface area contributed by atoms with Crippen LogP contribution in [0, 0.1) is 0 Å². The van der Waals surface area contributed by atoms with Crippen molar-refractivity contribution < 1.29 is 9.59 Å². The van der Waals surface area contributed by atoms with Crippen LogP contribution < -0.4 is 5.73 Å². The number of thiophene rings is 1. The van der Waals surface area contributed by atoms with Crippen molar-refractivity contribution >= 4 is 29.4 Å². The topological polar surface area (TPSA) is 75.8 Å². The van der Waals surface area contributed by atoms with Gasteiger partial charge in [0, 0.05) is 7.05 Å². The zero-order valence-corrected chi connectivity index (χ0v) is 8.32. The van der Waals surface area contributed by atoms with Crippen LogP contribution in [-0.2, 0) is 0 Å². The standard InChI is InChI=1S/C8H9N3O2S/c1-11(8(9)13)10-5-6(12)7-3-2-4-14-7/h2-5H,1H3,(H2,9,13)/b10-5+. The second kappa shape index (κ2) is 4.52. The molecule has 1 aromatic rings. The molecule has 0 aromatic carbocycles. The summed E-state index contributed by atoms with van der Waals surface area (Å²) in [7, 11) is 1.38. The molecule has 0 fully saturated rings. The molecule has 14 heavy (non-hydrogen) atoms. The molecule has 0 aliphatic carbocycles. The molecule has 5 nitrogen and oxygen atoms in total. The summed E-state index contributed by atoms with van der Waals surface area (Å²) in [6.45, 7) is 0. The van der Waals surface area contributed by atoms with Gasteiger partial charge in [0.2, 0.25) is 5.78 Å². The fourth-order valence-electron chi connectivity index (χ4n) is 0.678. The number of hydrazone groups is 1. The molecule has 0 aliphatic rings. The van der Waals surface area contributed by atoms with Crippen LogP contribution in [0.5, 0.6) is 0 Å². The van der Waals surface area contributed by atoms with Gasteiger partial charge >= 0.3 is 6.03 Å². The number of nitrogens with two attached hydrogens (primary N) is 1. The van der Waals surface area contributed by atoms with Crippen LogP contribution in [0.2, 0.25) is 0 Å². The molecule has 2 N–H and O–H groups in total. The molecule has 0 saturated heterocycles. The molecule has 0 atom stereocenters. The first-order valence-electron chi connectivity index (χ1n) is 3.76. The molecule has 6 heteroatoms. The van der Waals surface area contributed by atoms with Crippen LogP contribution >= 0.6 is 11.3 Å². The average Bonchev–Trinajstić information content (AvgIpc) is 2.66. The molecule has 0 unspecified atom stereocenters. The summed E-state index contributed by atoms with van der Waals surface area (Å²) in [5.74, 6) is -0.242. The van der Waals surface area contributed by atoms with Crippen molar-refractivity contribution in [2.45, 2.75) is 0 Å². The molecular weight excluding hydrogens is 202 g/mol. The van der Waals surface area contributed by atoms with Crippen molar-refractivity contribution in [3.8, 4) is 0 Å². The first-order valence-corrected chi connectivity index (χ1v) is 4.64. The highest BCUT2D eigenvalue weighted by Gasteiger charge is 2.04. The van der Waals surface area contributed by atoms with Gasteiger partial charge in [-0.3, -0.25) is 4.79 Å². The monoisotopic (exact) mass is 211 g/mol. The van der Waals surface area contributed by atoms with E-state index in [2.05, 4.69) is 5.10 Å². The highest BCUT2D eigenvalue weighted by Crippen LogP contribution is 2.07. The number of rotatable bonds is 3. The predicted molar refractivity (Wildman–Crippen MR) is 54.5 cm³/mol. The normalized spacial score (nSPS) is 10.4. The summed E-state index contributed by atoms with van der Waals surface area (Å²) in [4.78, 5) is 22.4. The molecule has 0 radical (unpaired) electrons.